The fourth-order valence-electron chi connectivity index (χ4n) is 2.66. The molecule has 4 heteroatoms. The molecule has 0 aliphatic heterocycles. The lowest BCUT2D eigenvalue weighted by Crippen LogP contribution is -2.28. The molecule has 4 nitrogen and oxygen atoms in total. The van der Waals surface area contributed by atoms with E-state index in [1.54, 1.807) is 6.07 Å². The molecular formula is C14H21NO3. The molecule has 1 aromatic rings. The van der Waals surface area contributed by atoms with Gasteiger partial charge in [0.1, 0.15) is 12.0 Å². The van der Waals surface area contributed by atoms with Crippen LogP contribution in [-0.2, 0) is 6.54 Å². The van der Waals surface area contributed by atoms with Gasteiger partial charge in [0.2, 0.25) is 0 Å². The minimum atomic E-state index is -0.939. The SMILES string of the molecule is CC1CCCCC1CNCc1cc(C(=O)O)co1. The van der Waals surface area contributed by atoms with Crippen LogP contribution < -0.4 is 5.32 Å². The van der Waals surface area contributed by atoms with Gasteiger partial charge in [0, 0.05) is 0 Å². The zero-order chi connectivity index (χ0) is 13.0. The molecule has 100 valence electrons. The van der Waals surface area contributed by atoms with Gasteiger partial charge >= 0.3 is 5.97 Å². The molecule has 0 saturated heterocycles. The number of carbonyl (C=O) groups is 1. The first-order valence-electron chi connectivity index (χ1n) is 6.68. The van der Waals surface area contributed by atoms with E-state index < -0.39 is 5.97 Å². The normalized spacial score (nSPS) is 24.1. The van der Waals surface area contributed by atoms with E-state index in [4.69, 9.17) is 9.52 Å². The minimum Gasteiger partial charge on any atom is -0.478 e. The first-order chi connectivity index (χ1) is 8.66. The summed E-state index contributed by atoms with van der Waals surface area (Å²) >= 11 is 0. The summed E-state index contributed by atoms with van der Waals surface area (Å²) in [4.78, 5) is 10.7. The van der Waals surface area contributed by atoms with Crippen LogP contribution in [0, 0.1) is 11.8 Å². The number of aromatic carboxylic acids is 1. The van der Waals surface area contributed by atoms with Gasteiger partial charge in [-0.05, 0) is 30.9 Å². The van der Waals surface area contributed by atoms with Crippen molar-refractivity contribution in [3.63, 3.8) is 0 Å². The molecule has 1 fully saturated rings. The first-order valence-corrected chi connectivity index (χ1v) is 6.68. The quantitative estimate of drug-likeness (QED) is 0.844. The van der Waals surface area contributed by atoms with Gasteiger partial charge in [-0.25, -0.2) is 4.79 Å². The highest BCUT2D eigenvalue weighted by Crippen LogP contribution is 2.28. The number of hydrogen-bond donors (Lipinski definition) is 2. The second kappa shape index (κ2) is 6.05. The Morgan fingerprint density at radius 3 is 2.94 bits per heavy atom. The molecule has 0 aromatic carbocycles. The molecule has 0 radical (unpaired) electrons. The van der Waals surface area contributed by atoms with Crippen LogP contribution in [0.15, 0.2) is 16.7 Å². The second-order valence-corrected chi connectivity index (χ2v) is 5.26. The molecule has 1 aliphatic rings. The van der Waals surface area contributed by atoms with E-state index in [2.05, 4.69) is 12.2 Å². The zero-order valence-electron chi connectivity index (χ0n) is 10.8. The largest absolute Gasteiger partial charge is 0.478 e. The van der Waals surface area contributed by atoms with E-state index in [0.29, 0.717) is 12.3 Å². The third-order valence-corrected chi connectivity index (χ3v) is 3.90. The van der Waals surface area contributed by atoms with Gasteiger partial charge in [-0.2, -0.15) is 0 Å². The Hall–Kier alpha value is -1.29. The van der Waals surface area contributed by atoms with Gasteiger partial charge in [-0.15, -0.1) is 0 Å². The van der Waals surface area contributed by atoms with Crippen LogP contribution in [0.4, 0.5) is 0 Å². The Labute approximate surface area is 107 Å². The molecule has 1 aliphatic carbocycles. The molecule has 0 bridgehead atoms. The van der Waals surface area contributed by atoms with Crippen molar-refractivity contribution < 1.29 is 14.3 Å². The van der Waals surface area contributed by atoms with Crippen LogP contribution in [0.25, 0.3) is 0 Å². The van der Waals surface area contributed by atoms with Crippen LogP contribution in [-0.4, -0.2) is 17.6 Å². The van der Waals surface area contributed by atoms with Gasteiger partial charge in [0.05, 0.1) is 12.1 Å². The van der Waals surface area contributed by atoms with Crippen LogP contribution >= 0.6 is 0 Å². The standard InChI is InChI=1S/C14H21NO3/c1-10-4-2-3-5-11(10)7-15-8-13-6-12(9-18-13)14(16)17/h6,9-11,15H,2-5,7-8H2,1H3,(H,16,17). The van der Waals surface area contributed by atoms with E-state index in [1.165, 1.54) is 31.9 Å². The van der Waals surface area contributed by atoms with Crippen molar-refractivity contribution in [1.82, 2.24) is 5.32 Å². The van der Waals surface area contributed by atoms with Crippen molar-refractivity contribution >= 4 is 5.97 Å². The minimum absolute atomic E-state index is 0.220. The predicted molar refractivity (Wildman–Crippen MR) is 68.5 cm³/mol. The summed E-state index contributed by atoms with van der Waals surface area (Å²) in [5.74, 6) is 1.28. The fourth-order valence-corrected chi connectivity index (χ4v) is 2.66. The van der Waals surface area contributed by atoms with Gasteiger partial charge in [-0.1, -0.05) is 26.2 Å². The molecule has 0 spiro atoms. The van der Waals surface area contributed by atoms with Crippen molar-refractivity contribution in [1.29, 1.82) is 0 Å². The molecule has 1 heterocycles. The molecule has 2 atom stereocenters. The second-order valence-electron chi connectivity index (χ2n) is 5.26. The molecule has 0 amide bonds. The fraction of sp³-hybridized carbons (Fsp3) is 0.643. The lowest BCUT2D eigenvalue weighted by atomic mass is 9.80. The molecule has 2 N–H and O–H groups in total. The molecule has 2 unspecified atom stereocenters. The lowest BCUT2D eigenvalue weighted by molar-refractivity contribution is 0.0696. The summed E-state index contributed by atoms with van der Waals surface area (Å²) in [6.07, 6.45) is 6.62. The van der Waals surface area contributed by atoms with E-state index in [9.17, 15) is 4.79 Å². The van der Waals surface area contributed by atoms with Gasteiger partial charge in [-0.3, -0.25) is 0 Å². The van der Waals surface area contributed by atoms with Crippen LogP contribution in [0.2, 0.25) is 0 Å². The molecule has 2 rings (SSSR count). The van der Waals surface area contributed by atoms with E-state index in [1.807, 2.05) is 0 Å². The van der Waals surface area contributed by atoms with E-state index in [0.717, 1.165) is 18.4 Å². The third-order valence-electron chi connectivity index (χ3n) is 3.90. The van der Waals surface area contributed by atoms with Gasteiger partial charge in [0.25, 0.3) is 0 Å². The van der Waals surface area contributed by atoms with Gasteiger partial charge < -0.3 is 14.8 Å². The Morgan fingerprint density at radius 1 is 1.50 bits per heavy atom. The Bertz CT molecular complexity index is 399. The molecule has 1 aromatic heterocycles. The maximum absolute atomic E-state index is 10.7. The lowest BCUT2D eigenvalue weighted by Gasteiger charge is -2.28. The number of hydrogen-bond acceptors (Lipinski definition) is 3. The summed E-state index contributed by atoms with van der Waals surface area (Å²) in [6, 6.07) is 1.58. The highest BCUT2D eigenvalue weighted by atomic mass is 16.4. The monoisotopic (exact) mass is 251 g/mol. The van der Waals surface area contributed by atoms with E-state index >= 15 is 0 Å². The summed E-state index contributed by atoms with van der Waals surface area (Å²) in [7, 11) is 0. The zero-order valence-corrected chi connectivity index (χ0v) is 10.8. The van der Waals surface area contributed by atoms with Crippen molar-refractivity contribution in [2.24, 2.45) is 11.8 Å². The third kappa shape index (κ3) is 3.35. The van der Waals surface area contributed by atoms with E-state index in [-0.39, 0.29) is 5.56 Å². The summed E-state index contributed by atoms with van der Waals surface area (Å²) in [5, 5.41) is 12.1. The number of nitrogens with one attached hydrogen (secondary N) is 1. The first kappa shape index (κ1) is 13.1. The maximum Gasteiger partial charge on any atom is 0.338 e. The summed E-state index contributed by atoms with van der Waals surface area (Å²) in [5.41, 5.74) is 0.220. The average Bonchev–Trinajstić information content (AvgIpc) is 2.80. The smallest absolute Gasteiger partial charge is 0.338 e. The van der Waals surface area contributed by atoms with Crippen molar-refractivity contribution in [3.8, 4) is 0 Å². The maximum atomic E-state index is 10.7. The predicted octanol–water partition coefficient (Wildman–Crippen LogP) is 2.89. The Balaban J connectivity index is 1.75. The highest BCUT2D eigenvalue weighted by Gasteiger charge is 2.20. The molecular weight excluding hydrogens is 230 g/mol. The number of carboxylic acids is 1. The number of carboxylic acid groups (broad SMARTS) is 1. The van der Waals surface area contributed by atoms with Gasteiger partial charge in [0.15, 0.2) is 0 Å². The van der Waals surface area contributed by atoms with Crippen LogP contribution in [0.5, 0.6) is 0 Å². The highest BCUT2D eigenvalue weighted by molar-refractivity contribution is 5.87. The summed E-state index contributed by atoms with van der Waals surface area (Å²) in [6.45, 7) is 3.92. The topological polar surface area (TPSA) is 62.5 Å². The van der Waals surface area contributed by atoms with Crippen molar-refractivity contribution in [2.45, 2.75) is 39.2 Å². The van der Waals surface area contributed by atoms with Crippen LogP contribution in [0.3, 0.4) is 0 Å². The molecule has 1 saturated carbocycles. The van der Waals surface area contributed by atoms with Crippen LogP contribution in [0.1, 0.15) is 48.7 Å². The Morgan fingerprint density at radius 2 is 2.28 bits per heavy atom. The Kier molecular flexibility index (Phi) is 4.42. The average molecular weight is 251 g/mol. The molecule has 18 heavy (non-hydrogen) atoms. The number of rotatable bonds is 5. The van der Waals surface area contributed by atoms with Crippen molar-refractivity contribution in [2.75, 3.05) is 6.54 Å². The van der Waals surface area contributed by atoms with Crippen molar-refractivity contribution in [3.05, 3.63) is 23.7 Å². The summed E-state index contributed by atoms with van der Waals surface area (Å²) < 4.78 is 5.20. The number of furan rings is 1.